The van der Waals surface area contributed by atoms with E-state index in [0.29, 0.717) is 6.47 Å². The smallest absolute Gasteiger partial charge is 0.307 e. The van der Waals surface area contributed by atoms with E-state index in [0.717, 1.165) is 12.8 Å². The summed E-state index contributed by atoms with van der Waals surface area (Å²) in [6, 6.07) is 0. The Kier molecular flexibility index (Phi) is 9.22. The van der Waals surface area contributed by atoms with Gasteiger partial charge in [-0.15, -0.1) is 0 Å². The van der Waals surface area contributed by atoms with Crippen LogP contribution in [0.2, 0.25) is 0 Å². The summed E-state index contributed by atoms with van der Waals surface area (Å²) in [6.45, 7) is 2.54. The first-order chi connectivity index (χ1) is 5.91. The fourth-order valence-electron chi connectivity index (χ4n) is 0.934. The van der Waals surface area contributed by atoms with Crippen molar-refractivity contribution in [3.63, 3.8) is 0 Å². The molecule has 68 valence electrons. The van der Waals surface area contributed by atoms with Crippen LogP contribution in [0.3, 0.4) is 0 Å². The Hall–Kier alpha value is -0.970. The Morgan fingerprint density at radius 1 is 1.25 bits per heavy atom. The molecule has 0 aromatic rings. The van der Waals surface area contributed by atoms with E-state index in [1.165, 1.54) is 25.7 Å². The molecule has 0 saturated heterocycles. The van der Waals surface area contributed by atoms with Crippen LogP contribution in [0.4, 0.5) is 0 Å². The number of hydrogen-bond donors (Lipinski definition) is 0. The summed E-state index contributed by atoms with van der Waals surface area (Å²) in [5.74, 6) is 2.76. The first-order valence-corrected chi connectivity index (χ1v) is 4.49. The van der Waals surface area contributed by atoms with Gasteiger partial charge in [0.1, 0.15) is 6.11 Å². The lowest BCUT2D eigenvalue weighted by Gasteiger charge is -1.93. The molecule has 0 radical (unpaired) electrons. The Labute approximate surface area is 74.3 Å². The predicted molar refractivity (Wildman–Crippen MR) is 48.3 cm³/mol. The van der Waals surface area contributed by atoms with E-state index in [4.69, 9.17) is 0 Å². The fourth-order valence-corrected chi connectivity index (χ4v) is 0.934. The molecule has 0 saturated carbocycles. The zero-order valence-corrected chi connectivity index (χ0v) is 7.64. The highest BCUT2D eigenvalue weighted by Gasteiger charge is 1.85. The van der Waals surface area contributed by atoms with Crippen molar-refractivity contribution in [3.8, 4) is 12.0 Å². The lowest BCUT2D eigenvalue weighted by Crippen LogP contribution is -1.77. The maximum Gasteiger partial charge on any atom is 0.307 e. The number of hydrogen-bond acceptors (Lipinski definition) is 2. The molecule has 12 heavy (non-hydrogen) atoms. The number of ether oxygens (including phenoxy) is 1. The van der Waals surface area contributed by atoms with E-state index in [-0.39, 0.29) is 0 Å². The Bertz CT molecular complexity index is 153. The normalized spacial score (nSPS) is 8.42. The van der Waals surface area contributed by atoms with Crippen molar-refractivity contribution in [1.29, 1.82) is 0 Å². The topological polar surface area (TPSA) is 26.3 Å². The molecule has 2 heteroatoms. The Balaban J connectivity index is 3.01. The summed E-state index contributed by atoms with van der Waals surface area (Å²) in [4.78, 5) is 9.65. The fraction of sp³-hybridized carbons (Fsp3) is 0.700. The maximum absolute atomic E-state index is 9.65. The van der Waals surface area contributed by atoms with Gasteiger partial charge in [-0.3, -0.25) is 4.79 Å². The average Bonchev–Trinajstić information content (AvgIpc) is 2.10. The van der Waals surface area contributed by atoms with E-state index in [1.54, 1.807) is 0 Å². The number of carbonyl (C=O) groups is 1. The van der Waals surface area contributed by atoms with Gasteiger partial charge in [0.15, 0.2) is 0 Å². The van der Waals surface area contributed by atoms with Crippen LogP contribution in [0.15, 0.2) is 0 Å². The minimum atomic E-state index is 0.351. The number of rotatable bonds is 6. The van der Waals surface area contributed by atoms with E-state index in [1.807, 2.05) is 0 Å². The molecule has 0 unspecified atom stereocenters. The summed E-state index contributed by atoms with van der Waals surface area (Å²) in [7, 11) is 0. The SMILES string of the molecule is CCCCCCCC#COC=O. The van der Waals surface area contributed by atoms with Crippen molar-refractivity contribution in [2.24, 2.45) is 0 Å². The molecule has 0 aliphatic heterocycles. The highest BCUT2D eigenvalue weighted by molar-refractivity contribution is 5.39. The number of unbranched alkanes of at least 4 members (excludes halogenated alkanes) is 5. The second-order valence-corrected chi connectivity index (χ2v) is 2.66. The molecule has 0 N–H and O–H groups in total. The van der Waals surface area contributed by atoms with Crippen LogP contribution in [0.25, 0.3) is 0 Å². The van der Waals surface area contributed by atoms with Crippen molar-refractivity contribution in [3.05, 3.63) is 0 Å². The molecule has 0 aliphatic rings. The van der Waals surface area contributed by atoms with Gasteiger partial charge in [0, 0.05) is 6.42 Å². The van der Waals surface area contributed by atoms with Gasteiger partial charge in [-0.05, 0) is 6.42 Å². The quantitative estimate of drug-likeness (QED) is 0.346. The molecule has 0 aromatic carbocycles. The third-order valence-electron chi connectivity index (χ3n) is 1.58. The zero-order chi connectivity index (χ0) is 9.07. The third-order valence-corrected chi connectivity index (χ3v) is 1.58. The molecular weight excluding hydrogens is 152 g/mol. The molecule has 0 atom stereocenters. The maximum atomic E-state index is 9.65. The summed E-state index contributed by atoms with van der Waals surface area (Å²) in [5.41, 5.74) is 0. The van der Waals surface area contributed by atoms with E-state index in [9.17, 15) is 4.79 Å². The molecule has 0 heterocycles. The standard InChI is InChI=1S/C10H16O2/c1-2-3-4-5-6-7-8-9-12-10-11/h10H,2-7H2,1H3. The van der Waals surface area contributed by atoms with Crippen LogP contribution in [-0.2, 0) is 9.53 Å². The van der Waals surface area contributed by atoms with Crippen LogP contribution in [0, 0.1) is 12.0 Å². The number of carbonyl (C=O) groups excluding carboxylic acids is 1. The lowest BCUT2D eigenvalue weighted by molar-refractivity contribution is -0.122. The summed E-state index contributed by atoms with van der Waals surface area (Å²) in [6.07, 6.45) is 9.32. The van der Waals surface area contributed by atoms with Gasteiger partial charge in [-0.2, -0.15) is 0 Å². The average molecular weight is 168 g/mol. The summed E-state index contributed by atoms with van der Waals surface area (Å²) in [5, 5.41) is 0. The Morgan fingerprint density at radius 2 is 2.00 bits per heavy atom. The van der Waals surface area contributed by atoms with Crippen molar-refractivity contribution in [2.75, 3.05) is 0 Å². The molecule has 0 fully saturated rings. The van der Waals surface area contributed by atoms with E-state index in [2.05, 4.69) is 23.7 Å². The van der Waals surface area contributed by atoms with Gasteiger partial charge in [0.25, 0.3) is 0 Å². The minimum absolute atomic E-state index is 0.351. The third kappa shape index (κ3) is 9.03. The van der Waals surface area contributed by atoms with Gasteiger partial charge in [0.2, 0.25) is 0 Å². The van der Waals surface area contributed by atoms with Gasteiger partial charge in [-0.25, -0.2) is 0 Å². The molecule has 0 amide bonds. The van der Waals surface area contributed by atoms with Crippen LogP contribution < -0.4 is 0 Å². The largest absolute Gasteiger partial charge is 0.375 e. The second kappa shape index (κ2) is 10.0. The van der Waals surface area contributed by atoms with Gasteiger partial charge in [0.05, 0.1) is 0 Å². The van der Waals surface area contributed by atoms with Crippen molar-refractivity contribution < 1.29 is 9.53 Å². The molecule has 0 bridgehead atoms. The lowest BCUT2D eigenvalue weighted by atomic mass is 10.1. The molecule has 0 spiro atoms. The van der Waals surface area contributed by atoms with Crippen LogP contribution in [0.5, 0.6) is 0 Å². The molecular formula is C10H16O2. The molecule has 0 aromatic heterocycles. The summed E-state index contributed by atoms with van der Waals surface area (Å²) < 4.78 is 4.22. The van der Waals surface area contributed by atoms with Crippen molar-refractivity contribution >= 4 is 6.47 Å². The van der Waals surface area contributed by atoms with E-state index >= 15 is 0 Å². The highest BCUT2D eigenvalue weighted by atomic mass is 16.5. The van der Waals surface area contributed by atoms with Gasteiger partial charge < -0.3 is 4.74 Å². The van der Waals surface area contributed by atoms with E-state index < -0.39 is 0 Å². The monoisotopic (exact) mass is 168 g/mol. The summed E-state index contributed by atoms with van der Waals surface area (Å²) >= 11 is 0. The van der Waals surface area contributed by atoms with Crippen LogP contribution in [0.1, 0.15) is 45.4 Å². The van der Waals surface area contributed by atoms with Gasteiger partial charge in [-0.1, -0.05) is 38.5 Å². The van der Waals surface area contributed by atoms with Gasteiger partial charge >= 0.3 is 6.47 Å². The minimum Gasteiger partial charge on any atom is -0.375 e. The molecule has 0 aliphatic carbocycles. The first kappa shape index (κ1) is 11.0. The van der Waals surface area contributed by atoms with Crippen LogP contribution >= 0.6 is 0 Å². The first-order valence-electron chi connectivity index (χ1n) is 4.49. The second-order valence-electron chi connectivity index (χ2n) is 2.66. The van der Waals surface area contributed by atoms with Crippen LogP contribution in [-0.4, -0.2) is 6.47 Å². The zero-order valence-electron chi connectivity index (χ0n) is 7.64. The Morgan fingerprint density at radius 3 is 2.67 bits per heavy atom. The van der Waals surface area contributed by atoms with Crippen molar-refractivity contribution in [2.45, 2.75) is 45.4 Å². The highest BCUT2D eigenvalue weighted by Crippen LogP contribution is 2.03. The predicted octanol–water partition coefficient (Wildman–Crippen LogP) is 2.48. The molecule has 0 rings (SSSR count). The van der Waals surface area contributed by atoms with Crippen molar-refractivity contribution in [1.82, 2.24) is 0 Å². The molecule has 2 nitrogen and oxygen atoms in total.